The zero-order chi connectivity index (χ0) is 13.8. The van der Waals surface area contributed by atoms with Crippen molar-refractivity contribution >= 4 is 0 Å². The number of pyridine rings is 1. The molecule has 0 amide bonds. The molecule has 2 aromatic heterocycles. The minimum Gasteiger partial charge on any atom is -0.481 e. The molecular formula is C14H19N3O2. The molecule has 0 aromatic carbocycles. The molecule has 1 unspecified atom stereocenters. The van der Waals surface area contributed by atoms with E-state index in [2.05, 4.69) is 10.1 Å². The first-order chi connectivity index (χ1) is 9.08. The van der Waals surface area contributed by atoms with Crippen LogP contribution in [0.2, 0.25) is 0 Å². The number of aliphatic hydroxyl groups is 1. The highest BCUT2D eigenvalue weighted by molar-refractivity contribution is 5.19. The summed E-state index contributed by atoms with van der Waals surface area (Å²) in [5.74, 6) is 0.584. The Bertz CT molecular complexity index is 534. The molecule has 0 bridgehead atoms. The van der Waals surface area contributed by atoms with Gasteiger partial charge in [-0.25, -0.2) is 4.98 Å². The Morgan fingerprint density at radius 1 is 1.37 bits per heavy atom. The third-order valence-electron chi connectivity index (χ3n) is 3.02. The summed E-state index contributed by atoms with van der Waals surface area (Å²) in [6.07, 6.45) is 2.45. The summed E-state index contributed by atoms with van der Waals surface area (Å²) in [7, 11) is 3.48. The maximum absolute atomic E-state index is 10.1. The molecule has 5 heteroatoms. The summed E-state index contributed by atoms with van der Waals surface area (Å²) < 4.78 is 6.81. The van der Waals surface area contributed by atoms with E-state index in [1.165, 1.54) is 0 Å². The van der Waals surface area contributed by atoms with Gasteiger partial charge >= 0.3 is 0 Å². The molecule has 0 radical (unpaired) electrons. The summed E-state index contributed by atoms with van der Waals surface area (Å²) in [6.45, 7) is 1.95. The number of aromatic nitrogens is 3. The first-order valence-corrected chi connectivity index (χ1v) is 6.25. The van der Waals surface area contributed by atoms with Crippen LogP contribution in [-0.2, 0) is 19.9 Å². The molecule has 0 aliphatic carbocycles. The third kappa shape index (κ3) is 3.54. The van der Waals surface area contributed by atoms with Crippen LogP contribution in [0.25, 0.3) is 0 Å². The summed E-state index contributed by atoms with van der Waals surface area (Å²) in [4.78, 5) is 4.13. The Morgan fingerprint density at radius 2 is 2.16 bits per heavy atom. The maximum Gasteiger partial charge on any atom is 0.212 e. The van der Waals surface area contributed by atoms with Crippen molar-refractivity contribution in [3.8, 4) is 5.88 Å². The highest BCUT2D eigenvalue weighted by Crippen LogP contribution is 2.12. The van der Waals surface area contributed by atoms with Crippen LogP contribution in [-0.4, -0.2) is 33.1 Å². The highest BCUT2D eigenvalue weighted by Gasteiger charge is 2.11. The number of aliphatic hydroxyl groups excluding tert-OH is 1. The van der Waals surface area contributed by atoms with Gasteiger partial charge < -0.3 is 9.84 Å². The van der Waals surface area contributed by atoms with Gasteiger partial charge in [-0.2, -0.15) is 5.10 Å². The van der Waals surface area contributed by atoms with Crippen molar-refractivity contribution in [2.45, 2.75) is 25.9 Å². The lowest BCUT2D eigenvalue weighted by Gasteiger charge is -2.10. The summed E-state index contributed by atoms with van der Waals surface area (Å²) in [5.41, 5.74) is 2.99. The standard InChI is InChI=1S/C14H19N3O2/c1-10-6-12(17(2)16-10)8-13(18)7-11-4-5-14(19-3)15-9-11/h4-6,9,13,18H,7-8H2,1-3H3. The van der Waals surface area contributed by atoms with Crippen molar-refractivity contribution in [2.24, 2.45) is 7.05 Å². The largest absolute Gasteiger partial charge is 0.481 e. The first kappa shape index (κ1) is 13.5. The summed E-state index contributed by atoms with van der Waals surface area (Å²) >= 11 is 0. The minimum atomic E-state index is -0.440. The van der Waals surface area contributed by atoms with Gasteiger partial charge in [0.1, 0.15) is 0 Å². The van der Waals surface area contributed by atoms with E-state index in [-0.39, 0.29) is 0 Å². The van der Waals surface area contributed by atoms with Gasteiger partial charge in [0.15, 0.2) is 0 Å². The Morgan fingerprint density at radius 3 is 2.68 bits per heavy atom. The van der Waals surface area contributed by atoms with Crippen LogP contribution >= 0.6 is 0 Å². The molecule has 2 heterocycles. The molecule has 0 aliphatic rings. The quantitative estimate of drug-likeness (QED) is 0.880. The molecule has 19 heavy (non-hydrogen) atoms. The lowest BCUT2D eigenvalue weighted by molar-refractivity contribution is 0.172. The van der Waals surface area contributed by atoms with Gasteiger partial charge in [0, 0.05) is 37.8 Å². The number of hydrogen-bond acceptors (Lipinski definition) is 4. The van der Waals surface area contributed by atoms with Crippen molar-refractivity contribution in [1.29, 1.82) is 0 Å². The van der Waals surface area contributed by atoms with Gasteiger partial charge in [0.2, 0.25) is 5.88 Å². The van der Waals surface area contributed by atoms with E-state index in [4.69, 9.17) is 4.74 Å². The molecule has 0 fully saturated rings. The van der Waals surface area contributed by atoms with E-state index in [1.807, 2.05) is 30.8 Å². The van der Waals surface area contributed by atoms with Crippen molar-refractivity contribution in [1.82, 2.24) is 14.8 Å². The van der Waals surface area contributed by atoms with Gasteiger partial charge in [-0.15, -0.1) is 0 Å². The zero-order valence-corrected chi connectivity index (χ0v) is 11.5. The summed E-state index contributed by atoms with van der Waals surface area (Å²) in [6, 6.07) is 5.72. The van der Waals surface area contributed by atoms with Crippen LogP contribution in [0, 0.1) is 6.92 Å². The fraction of sp³-hybridized carbons (Fsp3) is 0.429. The Hall–Kier alpha value is -1.88. The zero-order valence-electron chi connectivity index (χ0n) is 11.5. The van der Waals surface area contributed by atoms with E-state index < -0.39 is 6.10 Å². The van der Waals surface area contributed by atoms with E-state index in [9.17, 15) is 5.11 Å². The summed E-state index contributed by atoms with van der Waals surface area (Å²) in [5, 5.41) is 14.4. The van der Waals surface area contributed by atoms with Crippen LogP contribution in [0.4, 0.5) is 0 Å². The first-order valence-electron chi connectivity index (χ1n) is 6.25. The minimum absolute atomic E-state index is 0.440. The molecule has 0 saturated heterocycles. The van der Waals surface area contributed by atoms with Crippen molar-refractivity contribution < 1.29 is 9.84 Å². The van der Waals surface area contributed by atoms with Crippen LogP contribution in [0.15, 0.2) is 24.4 Å². The lowest BCUT2D eigenvalue weighted by atomic mass is 10.1. The average molecular weight is 261 g/mol. The van der Waals surface area contributed by atoms with Gasteiger partial charge in [0.05, 0.1) is 18.9 Å². The number of rotatable bonds is 5. The number of nitrogens with zero attached hydrogens (tertiary/aromatic N) is 3. The second-order valence-electron chi connectivity index (χ2n) is 4.67. The number of ether oxygens (including phenoxy) is 1. The molecule has 0 saturated carbocycles. The second kappa shape index (κ2) is 5.84. The van der Waals surface area contributed by atoms with Gasteiger partial charge in [-0.3, -0.25) is 4.68 Å². The van der Waals surface area contributed by atoms with Crippen LogP contribution < -0.4 is 4.74 Å². The number of hydrogen-bond donors (Lipinski definition) is 1. The fourth-order valence-electron chi connectivity index (χ4n) is 2.09. The monoisotopic (exact) mass is 261 g/mol. The molecule has 2 rings (SSSR count). The van der Waals surface area contributed by atoms with Crippen LogP contribution in [0.5, 0.6) is 5.88 Å². The Balaban J connectivity index is 1.96. The Labute approximate surface area is 112 Å². The van der Waals surface area contributed by atoms with Crippen molar-refractivity contribution in [3.05, 3.63) is 41.3 Å². The second-order valence-corrected chi connectivity index (χ2v) is 4.67. The SMILES string of the molecule is COc1ccc(CC(O)Cc2cc(C)nn2C)cn1. The predicted octanol–water partition coefficient (Wildman–Crippen LogP) is 1.28. The third-order valence-corrected chi connectivity index (χ3v) is 3.02. The molecule has 0 aliphatic heterocycles. The van der Waals surface area contributed by atoms with Gasteiger partial charge in [-0.1, -0.05) is 6.07 Å². The smallest absolute Gasteiger partial charge is 0.212 e. The van der Waals surface area contributed by atoms with Crippen molar-refractivity contribution in [2.75, 3.05) is 7.11 Å². The van der Waals surface area contributed by atoms with E-state index >= 15 is 0 Å². The van der Waals surface area contributed by atoms with Crippen molar-refractivity contribution in [3.63, 3.8) is 0 Å². The number of aryl methyl sites for hydroxylation is 2. The molecule has 5 nitrogen and oxygen atoms in total. The van der Waals surface area contributed by atoms with E-state index in [1.54, 1.807) is 19.4 Å². The maximum atomic E-state index is 10.1. The topological polar surface area (TPSA) is 60.2 Å². The predicted molar refractivity (Wildman–Crippen MR) is 72.1 cm³/mol. The van der Waals surface area contributed by atoms with E-state index in [0.29, 0.717) is 18.7 Å². The molecule has 2 aromatic rings. The van der Waals surface area contributed by atoms with Gasteiger partial charge in [-0.05, 0) is 18.6 Å². The molecule has 102 valence electrons. The average Bonchev–Trinajstić information content (AvgIpc) is 2.68. The fourth-order valence-corrected chi connectivity index (χ4v) is 2.09. The molecule has 0 spiro atoms. The number of methoxy groups -OCH3 is 1. The highest BCUT2D eigenvalue weighted by atomic mass is 16.5. The van der Waals surface area contributed by atoms with Crippen LogP contribution in [0.1, 0.15) is 17.0 Å². The molecule has 1 N–H and O–H groups in total. The lowest BCUT2D eigenvalue weighted by Crippen LogP contribution is -2.16. The Kier molecular flexibility index (Phi) is 4.16. The molecular weight excluding hydrogens is 242 g/mol. The van der Waals surface area contributed by atoms with Gasteiger partial charge in [0.25, 0.3) is 0 Å². The van der Waals surface area contributed by atoms with Crippen LogP contribution in [0.3, 0.4) is 0 Å². The molecule has 1 atom stereocenters. The normalized spacial score (nSPS) is 12.4. The van der Waals surface area contributed by atoms with E-state index in [0.717, 1.165) is 17.0 Å².